The maximum absolute atomic E-state index is 12.7. The van der Waals surface area contributed by atoms with E-state index in [2.05, 4.69) is 20.6 Å². The van der Waals surface area contributed by atoms with Gasteiger partial charge in [-0.05, 0) is 30.9 Å². The van der Waals surface area contributed by atoms with Crippen molar-refractivity contribution < 1.29 is 14.7 Å². The molecule has 1 unspecified atom stereocenters. The Morgan fingerprint density at radius 1 is 1.27 bits per heavy atom. The first kappa shape index (κ1) is 21.5. The number of aromatic nitrogens is 4. The van der Waals surface area contributed by atoms with Gasteiger partial charge in [0, 0.05) is 26.2 Å². The highest BCUT2D eigenvalue weighted by molar-refractivity contribution is 6.19. The summed E-state index contributed by atoms with van der Waals surface area (Å²) in [5.74, 6) is -1.46. The molecular weight excluding hydrogens is 384 g/mol. The van der Waals surface area contributed by atoms with Crippen molar-refractivity contribution in [3.05, 3.63) is 47.4 Å². The highest BCUT2D eigenvalue weighted by Crippen LogP contribution is 2.31. The van der Waals surface area contributed by atoms with E-state index in [4.69, 9.17) is 0 Å². The topological polar surface area (TPSA) is 115 Å². The summed E-state index contributed by atoms with van der Waals surface area (Å²) in [6.07, 6.45) is 3.62. The molecule has 0 saturated carbocycles. The molecule has 160 valence electrons. The predicted octanol–water partition coefficient (Wildman–Crippen LogP) is 2.12. The first-order valence-corrected chi connectivity index (χ1v) is 10.1. The third kappa shape index (κ3) is 4.34. The number of rotatable bonds is 8. The minimum absolute atomic E-state index is 0.00255. The number of benzene rings is 1. The predicted molar refractivity (Wildman–Crippen MR) is 111 cm³/mol. The Morgan fingerprint density at radius 3 is 2.53 bits per heavy atom. The number of amides is 1. The normalized spacial score (nSPS) is 18.9. The van der Waals surface area contributed by atoms with Crippen LogP contribution in [0.2, 0.25) is 0 Å². The summed E-state index contributed by atoms with van der Waals surface area (Å²) in [6.45, 7) is 3.93. The van der Waals surface area contributed by atoms with Crippen molar-refractivity contribution in [2.45, 2.75) is 45.2 Å². The van der Waals surface area contributed by atoms with Gasteiger partial charge < -0.3 is 14.9 Å². The maximum atomic E-state index is 12.7. The quantitative estimate of drug-likeness (QED) is 0.682. The van der Waals surface area contributed by atoms with E-state index in [1.165, 1.54) is 0 Å². The van der Waals surface area contributed by atoms with Gasteiger partial charge in [-0.2, -0.15) is 5.21 Å². The largest absolute Gasteiger partial charge is 0.481 e. The number of aliphatic carboxylic acids is 1. The lowest BCUT2D eigenvalue weighted by atomic mass is 9.83. The number of hydrogen-bond acceptors (Lipinski definition) is 6. The zero-order chi connectivity index (χ0) is 21.8. The summed E-state index contributed by atoms with van der Waals surface area (Å²) in [6, 6.07) is 7.66. The third-order valence-corrected chi connectivity index (χ3v) is 5.85. The standard InChI is InChI=1S/C21H28N6O3/c1-5-6-16(21(29)30)17(19-22-24-25-23-19)11-14-7-9-15(10-8-14)18-12-26(3)13(2)27(4)20(18)28/h7-10,12-13,16-17H,5-6,11H2,1-4H3,(H,29,30)(H,22,23,24,25)/t13?,16-,17-/m0/s1. The number of carbonyl (C=O) groups is 2. The van der Waals surface area contributed by atoms with Crippen LogP contribution in [0.15, 0.2) is 30.5 Å². The smallest absolute Gasteiger partial charge is 0.307 e. The van der Waals surface area contributed by atoms with Gasteiger partial charge in [-0.1, -0.05) is 42.8 Å². The van der Waals surface area contributed by atoms with Gasteiger partial charge in [-0.3, -0.25) is 9.59 Å². The lowest BCUT2D eigenvalue weighted by molar-refractivity contribution is -0.143. The summed E-state index contributed by atoms with van der Waals surface area (Å²) < 4.78 is 0. The molecule has 9 nitrogen and oxygen atoms in total. The fraction of sp³-hybridized carbons (Fsp3) is 0.476. The van der Waals surface area contributed by atoms with Gasteiger partial charge in [0.15, 0.2) is 5.82 Å². The lowest BCUT2D eigenvalue weighted by Crippen LogP contribution is -2.47. The van der Waals surface area contributed by atoms with Crippen LogP contribution in [0.1, 0.15) is 49.6 Å². The van der Waals surface area contributed by atoms with E-state index in [0.29, 0.717) is 24.2 Å². The van der Waals surface area contributed by atoms with Crippen molar-refractivity contribution in [3.63, 3.8) is 0 Å². The number of H-pyrrole nitrogens is 1. The van der Waals surface area contributed by atoms with Gasteiger partial charge in [0.1, 0.15) is 6.17 Å². The molecule has 0 aliphatic carbocycles. The molecule has 0 saturated heterocycles. The van der Waals surface area contributed by atoms with E-state index < -0.39 is 11.9 Å². The number of carboxylic acid groups (broad SMARTS) is 1. The maximum Gasteiger partial charge on any atom is 0.307 e. The van der Waals surface area contributed by atoms with Crippen molar-refractivity contribution in [1.82, 2.24) is 30.4 Å². The second kappa shape index (κ2) is 9.06. The fourth-order valence-electron chi connectivity index (χ4n) is 3.82. The van der Waals surface area contributed by atoms with E-state index in [0.717, 1.165) is 17.5 Å². The molecule has 2 N–H and O–H groups in total. The van der Waals surface area contributed by atoms with E-state index in [1.807, 2.05) is 56.3 Å². The van der Waals surface area contributed by atoms with E-state index in [-0.39, 0.29) is 18.0 Å². The van der Waals surface area contributed by atoms with Crippen molar-refractivity contribution in [3.8, 4) is 0 Å². The number of carboxylic acids is 1. The first-order chi connectivity index (χ1) is 14.3. The summed E-state index contributed by atoms with van der Waals surface area (Å²) in [5.41, 5.74) is 2.41. The van der Waals surface area contributed by atoms with Gasteiger partial charge >= 0.3 is 5.97 Å². The Labute approximate surface area is 175 Å². The molecule has 1 amide bonds. The fourth-order valence-corrected chi connectivity index (χ4v) is 3.82. The molecule has 0 radical (unpaired) electrons. The molecule has 9 heteroatoms. The van der Waals surface area contributed by atoms with Crippen LogP contribution in [-0.4, -0.2) is 67.7 Å². The number of carbonyl (C=O) groups excluding carboxylic acids is 1. The van der Waals surface area contributed by atoms with Crippen LogP contribution < -0.4 is 0 Å². The van der Waals surface area contributed by atoms with Gasteiger partial charge in [-0.15, -0.1) is 10.2 Å². The molecule has 1 aromatic heterocycles. The van der Waals surface area contributed by atoms with Crippen LogP contribution >= 0.6 is 0 Å². The number of hydrogen-bond donors (Lipinski definition) is 2. The second-order valence-electron chi connectivity index (χ2n) is 7.77. The molecule has 2 heterocycles. The highest BCUT2D eigenvalue weighted by Gasteiger charge is 2.32. The Hall–Kier alpha value is -3.23. The Bertz CT molecular complexity index is 909. The van der Waals surface area contributed by atoms with Crippen LogP contribution in [0.4, 0.5) is 0 Å². The van der Waals surface area contributed by atoms with Gasteiger partial charge in [0.05, 0.1) is 11.5 Å². The summed E-state index contributed by atoms with van der Waals surface area (Å²) in [4.78, 5) is 28.2. The minimum Gasteiger partial charge on any atom is -0.481 e. The number of nitrogens with one attached hydrogen (secondary N) is 1. The molecule has 1 aliphatic rings. The minimum atomic E-state index is -0.860. The molecule has 3 rings (SSSR count). The van der Waals surface area contributed by atoms with E-state index in [1.54, 1.807) is 11.9 Å². The van der Waals surface area contributed by atoms with Gasteiger partial charge in [-0.25, -0.2) is 0 Å². The molecule has 30 heavy (non-hydrogen) atoms. The van der Waals surface area contributed by atoms with Gasteiger partial charge in [0.2, 0.25) is 0 Å². The van der Waals surface area contributed by atoms with Gasteiger partial charge in [0.25, 0.3) is 5.91 Å². The average Bonchev–Trinajstić information content (AvgIpc) is 3.26. The van der Waals surface area contributed by atoms with Crippen LogP contribution in [0.5, 0.6) is 0 Å². The molecule has 3 atom stereocenters. The highest BCUT2D eigenvalue weighted by atomic mass is 16.4. The Kier molecular flexibility index (Phi) is 6.49. The summed E-state index contributed by atoms with van der Waals surface area (Å²) >= 11 is 0. The van der Waals surface area contributed by atoms with E-state index in [9.17, 15) is 14.7 Å². The molecule has 1 aromatic carbocycles. The molecule has 0 bridgehead atoms. The van der Waals surface area contributed by atoms with Crippen LogP contribution in [-0.2, 0) is 16.0 Å². The zero-order valence-electron chi connectivity index (χ0n) is 17.7. The monoisotopic (exact) mass is 412 g/mol. The first-order valence-electron chi connectivity index (χ1n) is 10.1. The lowest BCUT2D eigenvalue weighted by Gasteiger charge is -2.37. The number of aromatic amines is 1. The summed E-state index contributed by atoms with van der Waals surface area (Å²) in [7, 11) is 3.73. The average molecular weight is 412 g/mol. The van der Waals surface area contributed by atoms with Crippen LogP contribution in [0.25, 0.3) is 5.57 Å². The third-order valence-electron chi connectivity index (χ3n) is 5.85. The van der Waals surface area contributed by atoms with Crippen molar-refractivity contribution in [2.24, 2.45) is 5.92 Å². The Balaban J connectivity index is 1.85. The Morgan fingerprint density at radius 2 is 1.97 bits per heavy atom. The summed E-state index contributed by atoms with van der Waals surface area (Å²) in [5, 5.41) is 23.9. The van der Waals surface area contributed by atoms with Crippen molar-refractivity contribution in [2.75, 3.05) is 14.1 Å². The van der Waals surface area contributed by atoms with Crippen LogP contribution in [0, 0.1) is 5.92 Å². The second-order valence-corrected chi connectivity index (χ2v) is 7.77. The molecule has 1 aliphatic heterocycles. The number of likely N-dealkylation sites (N-methyl/N-ethyl adjacent to an activating group) is 1. The molecule has 0 fully saturated rings. The van der Waals surface area contributed by atoms with E-state index >= 15 is 0 Å². The van der Waals surface area contributed by atoms with Crippen molar-refractivity contribution >= 4 is 17.4 Å². The molecular formula is C21H28N6O3. The zero-order valence-corrected chi connectivity index (χ0v) is 17.7. The molecule has 0 spiro atoms. The SMILES string of the molecule is CCC[C@H](C(=O)O)[C@H](Cc1ccc(C2=CN(C)C(C)N(C)C2=O)cc1)c1nn[nH]n1. The number of nitrogens with zero attached hydrogens (tertiary/aromatic N) is 5. The van der Waals surface area contributed by atoms with Crippen molar-refractivity contribution in [1.29, 1.82) is 0 Å². The van der Waals surface area contributed by atoms with Crippen LogP contribution in [0.3, 0.4) is 0 Å². The number of tetrazole rings is 1. The molecule has 2 aromatic rings.